The van der Waals surface area contributed by atoms with Gasteiger partial charge in [-0.3, -0.25) is 9.59 Å². The Labute approximate surface area is 125 Å². The fraction of sp³-hybridized carbons (Fsp3) is 0.231. The first-order valence-electron chi connectivity index (χ1n) is 6.19. The molecule has 0 aliphatic carbocycles. The van der Waals surface area contributed by atoms with Crippen LogP contribution in [-0.2, 0) is 9.59 Å². The van der Waals surface area contributed by atoms with Crippen LogP contribution < -0.4 is 16.8 Å². The number of aryl methyl sites for hydroxylation is 1. The van der Waals surface area contributed by atoms with Crippen LogP contribution in [0.5, 0.6) is 0 Å². The first kappa shape index (κ1) is 15.0. The molecule has 110 valence electrons. The van der Waals surface area contributed by atoms with Gasteiger partial charge in [-0.2, -0.15) is 9.98 Å². The zero-order chi connectivity index (χ0) is 15.4. The van der Waals surface area contributed by atoms with Gasteiger partial charge in [-0.1, -0.05) is 29.5 Å². The summed E-state index contributed by atoms with van der Waals surface area (Å²) in [5.74, 6) is -0.901. The normalized spacial score (nSPS) is 17.9. The van der Waals surface area contributed by atoms with E-state index in [2.05, 4.69) is 15.3 Å². The summed E-state index contributed by atoms with van der Waals surface area (Å²) in [5, 5.41) is 2.26. The molecule has 0 unspecified atom stereocenters. The molecule has 0 fully saturated rings. The fourth-order valence-corrected chi connectivity index (χ4v) is 2.63. The van der Waals surface area contributed by atoms with Crippen LogP contribution in [0.3, 0.4) is 0 Å². The Kier molecular flexibility index (Phi) is 4.59. The number of carbonyl (C=O) groups is 2. The number of amides is 2. The molecular weight excluding hydrogens is 290 g/mol. The molecule has 1 aromatic carbocycles. The number of thioether (sulfide) groups is 1. The maximum Gasteiger partial charge on any atom is 0.249 e. The summed E-state index contributed by atoms with van der Waals surface area (Å²) in [6.07, 6.45) is 0.0197. The molecule has 0 saturated carbocycles. The van der Waals surface area contributed by atoms with Crippen molar-refractivity contribution in [2.75, 3.05) is 5.32 Å². The summed E-state index contributed by atoms with van der Waals surface area (Å²) >= 11 is 1.06. The summed E-state index contributed by atoms with van der Waals surface area (Å²) in [4.78, 5) is 31.1. The number of nitrogens with one attached hydrogen (secondary N) is 1. The summed E-state index contributed by atoms with van der Waals surface area (Å²) < 4.78 is 0. The highest BCUT2D eigenvalue weighted by Gasteiger charge is 2.29. The van der Waals surface area contributed by atoms with Crippen LogP contribution in [0.25, 0.3) is 0 Å². The molecule has 0 radical (unpaired) electrons. The number of anilines is 1. The van der Waals surface area contributed by atoms with Crippen molar-refractivity contribution in [3.63, 3.8) is 0 Å². The lowest BCUT2D eigenvalue weighted by Gasteiger charge is -2.18. The largest absolute Gasteiger partial charge is 0.370 e. The quantitative estimate of drug-likeness (QED) is 0.545. The van der Waals surface area contributed by atoms with E-state index in [1.807, 2.05) is 19.1 Å². The van der Waals surface area contributed by atoms with Crippen LogP contribution in [-0.4, -0.2) is 28.2 Å². The van der Waals surface area contributed by atoms with Crippen LogP contribution in [0.2, 0.25) is 0 Å². The number of benzene rings is 1. The molecule has 5 N–H and O–H groups in total. The Morgan fingerprint density at radius 3 is 2.67 bits per heavy atom. The maximum atomic E-state index is 12.2. The molecule has 21 heavy (non-hydrogen) atoms. The van der Waals surface area contributed by atoms with Gasteiger partial charge < -0.3 is 16.8 Å². The topological polar surface area (TPSA) is 123 Å². The van der Waals surface area contributed by atoms with Crippen molar-refractivity contribution in [2.24, 2.45) is 21.5 Å². The van der Waals surface area contributed by atoms with E-state index in [0.29, 0.717) is 5.69 Å². The van der Waals surface area contributed by atoms with E-state index in [0.717, 1.165) is 17.3 Å². The number of guanidine groups is 1. The van der Waals surface area contributed by atoms with E-state index >= 15 is 0 Å². The predicted octanol–water partition coefficient (Wildman–Crippen LogP) is 0.595. The Balaban J connectivity index is 2.06. The molecule has 1 aliphatic heterocycles. The second-order valence-corrected chi connectivity index (χ2v) is 5.66. The molecule has 0 saturated heterocycles. The van der Waals surface area contributed by atoms with E-state index in [9.17, 15) is 9.59 Å². The predicted molar refractivity (Wildman–Crippen MR) is 84.1 cm³/mol. The lowest BCUT2D eigenvalue weighted by Crippen LogP contribution is -2.32. The second kappa shape index (κ2) is 6.40. The van der Waals surface area contributed by atoms with E-state index in [1.165, 1.54) is 0 Å². The second-order valence-electron chi connectivity index (χ2n) is 4.49. The Bertz CT molecular complexity index is 620. The number of hydrogen-bond acceptors (Lipinski definition) is 4. The Morgan fingerprint density at radius 1 is 1.38 bits per heavy atom. The van der Waals surface area contributed by atoms with Gasteiger partial charge in [0.15, 0.2) is 11.1 Å². The third-order valence-corrected chi connectivity index (χ3v) is 3.72. The third kappa shape index (κ3) is 4.32. The van der Waals surface area contributed by atoms with Crippen LogP contribution in [0.4, 0.5) is 5.69 Å². The van der Waals surface area contributed by atoms with E-state index in [4.69, 9.17) is 11.5 Å². The van der Waals surface area contributed by atoms with Crippen molar-refractivity contribution in [1.82, 2.24) is 0 Å². The van der Waals surface area contributed by atoms with Gasteiger partial charge in [0.1, 0.15) is 5.25 Å². The molecule has 7 nitrogen and oxygen atoms in total. The molecule has 1 atom stereocenters. The SMILES string of the molecule is Cc1ccc(NC(=O)[C@H]2CC(=O)N=C(N=C(N)N)S2)cc1. The van der Waals surface area contributed by atoms with Crippen LogP contribution in [0.1, 0.15) is 12.0 Å². The number of hydrogen-bond donors (Lipinski definition) is 3. The minimum absolute atomic E-state index is 0.0197. The highest BCUT2D eigenvalue weighted by molar-refractivity contribution is 8.15. The molecular formula is C13H15N5O2S. The minimum Gasteiger partial charge on any atom is -0.370 e. The summed E-state index contributed by atoms with van der Waals surface area (Å²) in [6, 6.07) is 7.38. The number of nitrogens with two attached hydrogens (primary N) is 2. The van der Waals surface area contributed by atoms with Crippen molar-refractivity contribution in [2.45, 2.75) is 18.6 Å². The molecule has 0 spiro atoms. The zero-order valence-electron chi connectivity index (χ0n) is 11.4. The van der Waals surface area contributed by atoms with Gasteiger partial charge >= 0.3 is 0 Å². The number of aliphatic imine (C=N–C) groups is 2. The van der Waals surface area contributed by atoms with E-state index in [1.54, 1.807) is 12.1 Å². The van der Waals surface area contributed by atoms with Crippen molar-refractivity contribution in [1.29, 1.82) is 0 Å². The van der Waals surface area contributed by atoms with Gasteiger partial charge in [0.25, 0.3) is 0 Å². The van der Waals surface area contributed by atoms with Crippen LogP contribution in [0.15, 0.2) is 34.3 Å². The third-order valence-electron chi connectivity index (χ3n) is 2.66. The maximum absolute atomic E-state index is 12.2. The molecule has 2 amide bonds. The van der Waals surface area contributed by atoms with Gasteiger partial charge in [0.05, 0.1) is 6.42 Å². The minimum atomic E-state index is -0.602. The fourth-order valence-electron chi connectivity index (χ4n) is 1.67. The van der Waals surface area contributed by atoms with Crippen molar-refractivity contribution in [3.05, 3.63) is 29.8 Å². The standard InChI is InChI=1S/C13H15N5O2S/c1-7-2-4-8(5-3-7)16-11(20)9-6-10(19)17-13(21-9)18-12(14)15/h2-5,9H,6H2,1H3,(H,16,20)(H4,14,15,17,18,19)/t9-/m1/s1. The van der Waals surface area contributed by atoms with Crippen molar-refractivity contribution in [3.8, 4) is 0 Å². The first-order chi connectivity index (χ1) is 9.94. The van der Waals surface area contributed by atoms with E-state index in [-0.39, 0.29) is 23.5 Å². The van der Waals surface area contributed by atoms with Gasteiger partial charge in [0.2, 0.25) is 11.8 Å². The number of carbonyl (C=O) groups excluding carboxylic acids is 2. The summed E-state index contributed by atoms with van der Waals surface area (Å²) in [5.41, 5.74) is 12.3. The number of amidine groups is 1. The summed E-state index contributed by atoms with van der Waals surface area (Å²) in [7, 11) is 0. The molecule has 1 heterocycles. The monoisotopic (exact) mass is 305 g/mol. The Hall–Kier alpha value is -2.35. The lowest BCUT2D eigenvalue weighted by atomic mass is 10.2. The molecule has 0 aromatic heterocycles. The molecule has 0 bridgehead atoms. The molecule has 2 rings (SSSR count). The van der Waals surface area contributed by atoms with Gasteiger partial charge in [-0.15, -0.1) is 0 Å². The van der Waals surface area contributed by atoms with E-state index < -0.39 is 11.2 Å². The average molecular weight is 305 g/mol. The lowest BCUT2D eigenvalue weighted by molar-refractivity contribution is -0.121. The van der Waals surface area contributed by atoms with Gasteiger partial charge in [-0.05, 0) is 19.1 Å². The molecule has 8 heteroatoms. The molecule has 1 aliphatic rings. The Morgan fingerprint density at radius 2 is 2.05 bits per heavy atom. The van der Waals surface area contributed by atoms with Crippen LogP contribution in [0, 0.1) is 6.92 Å². The number of rotatable bonds is 2. The highest BCUT2D eigenvalue weighted by atomic mass is 32.2. The average Bonchev–Trinajstić information content (AvgIpc) is 2.40. The van der Waals surface area contributed by atoms with Crippen molar-refractivity contribution < 1.29 is 9.59 Å². The molecule has 1 aromatic rings. The first-order valence-corrected chi connectivity index (χ1v) is 7.07. The van der Waals surface area contributed by atoms with Crippen LogP contribution >= 0.6 is 11.8 Å². The van der Waals surface area contributed by atoms with Crippen molar-refractivity contribution >= 4 is 40.4 Å². The summed E-state index contributed by atoms with van der Waals surface area (Å²) in [6.45, 7) is 1.96. The van der Waals surface area contributed by atoms with Gasteiger partial charge in [-0.25, -0.2) is 0 Å². The van der Waals surface area contributed by atoms with Gasteiger partial charge in [0, 0.05) is 5.69 Å². The smallest absolute Gasteiger partial charge is 0.249 e. The highest BCUT2D eigenvalue weighted by Crippen LogP contribution is 2.24. The zero-order valence-corrected chi connectivity index (χ0v) is 12.2. The number of nitrogens with zero attached hydrogens (tertiary/aromatic N) is 2.